The summed E-state index contributed by atoms with van der Waals surface area (Å²) in [7, 11) is 1.92. The molecule has 1 aromatic heterocycles. The van der Waals surface area contributed by atoms with Crippen LogP contribution in [0.3, 0.4) is 0 Å². The van der Waals surface area contributed by atoms with Gasteiger partial charge in [-0.25, -0.2) is 4.98 Å². The van der Waals surface area contributed by atoms with Crippen LogP contribution in [0.2, 0.25) is 0 Å². The van der Waals surface area contributed by atoms with Gasteiger partial charge in [0.1, 0.15) is 0 Å². The Morgan fingerprint density at radius 1 is 1.67 bits per heavy atom. The SMILES string of the molecule is CCn1ccnc1N(C)CCO. The van der Waals surface area contributed by atoms with Crippen LogP contribution in [-0.2, 0) is 6.54 Å². The molecule has 0 atom stereocenters. The molecule has 0 aliphatic rings. The van der Waals surface area contributed by atoms with Gasteiger partial charge in [0, 0.05) is 32.5 Å². The molecule has 12 heavy (non-hydrogen) atoms. The molecule has 0 radical (unpaired) electrons. The van der Waals surface area contributed by atoms with Crippen molar-refractivity contribution in [3.63, 3.8) is 0 Å². The number of rotatable bonds is 4. The highest BCUT2D eigenvalue weighted by molar-refractivity contribution is 5.29. The number of aliphatic hydroxyl groups excluding tert-OH is 1. The van der Waals surface area contributed by atoms with Gasteiger partial charge >= 0.3 is 0 Å². The van der Waals surface area contributed by atoms with Crippen molar-refractivity contribution in [2.24, 2.45) is 0 Å². The van der Waals surface area contributed by atoms with Crippen LogP contribution < -0.4 is 4.90 Å². The van der Waals surface area contributed by atoms with Gasteiger partial charge in [0.15, 0.2) is 0 Å². The van der Waals surface area contributed by atoms with Crippen molar-refractivity contribution < 1.29 is 5.11 Å². The van der Waals surface area contributed by atoms with Crippen LogP contribution in [0.25, 0.3) is 0 Å². The molecule has 0 saturated heterocycles. The van der Waals surface area contributed by atoms with Gasteiger partial charge in [0.2, 0.25) is 5.95 Å². The Bertz CT molecular complexity index is 234. The quantitative estimate of drug-likeness (QED) is 0.706. The summed E-state index contributed by atoms with van der Waals surface area (Å²) in [6.45, 7) is 3.76. The van der Waals surface area contributed by atoms with E-state index in [2.05, 4.69) is 11.9 Å². The maximum absolute atomic E-state index is 8.72. The van der Waals surface area contributed by atoms with Gasteiger partial charge in [0.05, 0.1) is 6.61 Å². The largest absolute Gasteiger partial charge is 0.395 e. The monoisotopic (exact) mass is 169 g/mol. The second-order valence-electron chi connectivity index (χ2n) is 2.66. The summed E-state index contributed by atoms with van der Waals surface area (Å²) in [6, 6.07) is 0. The molecule has 0 bridgehead atoms. The second kappa shape index (κ2) is 4.11. The fourth-order valence-electron chi connectivity index (χ4n) is 1.14. The molecule has 4 nitrogen and oxygen atoms in total. The third-order valence-electron chi connectivity index (χ3n) is 1.81. The highest BCUT2D eigenvalue weighted by Gasteiger charge is 2.05. The summed E-state index contributed by atoms with van der Waals surface area (Å²) in [5, 5.41) is 8.72. The van der Waals surface area contributed by atoms with E-state index in [0.29, 0.717) is 6.54 Å². The van der Waals surface area contributed by atoms with Crippen molar-refractivity contribution in [2.45, 2.75) is 13.5 Å². The Labute approximate surface area is 72.4 Å². The number of hydrogen-bond donors (Lipinski definition) is 1. The second-order valence-corrected chi connectivity index (χ2v) is 2.66. The molecular weight excluding hydrogens is 154 g/mol. The number of imidazole rings is 1. The maximum atomic E-state index is 8.72. The predicted molar refractivity (Wildman–Crippen MR) is 48.3 cm³/mol. The minimum absolute atomic E-state index is 0.160. The lowest BCUT2D eigenvalue weighted by Gasteiger charge is -2.17. The molecule has 0 saturated carbocycles. The summed E-state index contributed by atoms with van der Waals surface area (Å²) in [6.07, 6.45) is 3.70. The Hall–Kier alpha value is -1.03. The fraction of sp³-hybridized carbons (Fsp3) is 0.625. The molecule has 0 amide bonds. The summed E-state index contributed by atoms with van der Waals surface area (Å²) < 4.78 is 2.04. The van der Waals surface area contributed by atoms with Crippen LogP contribution in [0.4, 0.5) is 5.95 Å². The molecule has 0 unspecified atom stereocenters. The first-order valence-corrected chi connectivity index (χ1v) is 4.12. The van der Waals surface area contributed by atoms with Gasteiger partial charge in [-0.05, 0) is 6.92 Å². The predicted octanol–water partition coefficient (Wildman–Crippen LogP) is 0.331. The van der Waals surface area contributed by atoms with Gasteiger partial charge in [-0.15, -0.1) is 0 Å². The summed E-state index contributed by atoms with van der Waals surface area (Å²) >= 11 is 0. The lowest BCUT2D eigenvalue weighted by atomic mass is 10.6. The average molecular weight is 169 g/mol. The Morgan fingerprint density at radius 3 is 3.00 bits per heavy atom. The van der Waals surface area contributed by atoms with E-state index in [1.165, 1.54) is 0 Å². The molecule has 0 aromatic carbocycles. The van der Waals surface area contributed by atoms with Crippen LogP contribution in [0.15, 0.2) is 12.4 Å². The third kappa shape index (κ3) is 1.76. The Balaban J connectivity index is 2.71. The van der Waals surface area contributed by atoms with Gasteiger partial charge < -0.3 is 14.6 Å². The van der Waals surface area contributed by atoms with E-state index < -0.39 is 0 Å². The van der Waals surface area contributed by atoms with Gasteiger partial charge in [-0.3, -0.25) is 0 Å². The minimum atomic E-state index is 0.160. The summed E-state index contributed by atoms with van der Waals surface area (Å²) in [5.74, 6) is 0.909. The van der Waals surface area contributed by atoms with E-state index in [0.717, 1.165) is 12.5 Å². The highest BCUT2D eigenvalue weighted by atomic mass is 16.3. The molecule has 0 aliphatic carbocycles. The number of aromatic nitrogens is 2. The van der Waals surface area contributed by atoms with Gasteiger partial charge in [-0.2, -0.15) is 0 Å². The van der Waals surface area contributed by atoms with Crippen LogP contribution >= 0.6 is 0 Å². The molecule has 1 heterocycles. The van der Waals surface area contributed by atoms with Crippen LogP contribution in [-0.4, -0.2) is 34.9 Å². The number of aryl methyl sites for hydroxylation is 1. The average Bonchev–Trinajstić information content (AvgIpc) is 2.51. The number of likely N-dealkylation sites (N-methyl/N-ethyl adjacent to an activating group) is 1. The van der Waals surface area contributed by atoms with Crippen molar-refractivity contribution in [3.8, 4) is 0 Å². The molecule has 0 spiro atoms. The maximum Gasteiger partial charge on any atom is 0.205 e. The zero-order valence-electron chi connectivity index (χ0n) is 7.56. The number of nitrogens with zero attached hydrogens (tertiary/aromatic N) is 3. The first-order chi connectivity index (χ1) is 5.79. The van der Waals surface area contributed by atoms with Gasteiger partial charge in [0.25, 0.3) is 0 Å². The smallest absolute Gasteiger partial charge is 0.205 e. The number of aliphatic hydroxyl groups is 1. The molecule has 0 aliphatic heterocycles. The third-order valence-corrected chi connectivity index (χ3v) is 1.81. The Kier molecular flexibility index (Phi) is 3.10. The van der Waals surface area contributed by atoms with Gasteiger partial charge in [-0.1, -0.05) is 0 Å². The normalized spacial score (nSPS) is 10.2. The molecule has 1 N–H and O–H groups in total. The van der Waals surface area contributed by atoms with E-state index in [-0.39, 0.29) is 6.61 Å². The summed E-state index contributed by atoms with van der Waals surface area (Å²) in [5.41, 5.74) is 0. The van der Waals surface area contributed by atoms with E-state index in [1.54, 1.807) is 6.20 Å². The van der Waals surface area contributed by atoms with E-state index >= 15 is 0 Å². The zero-order chi connectivity index (χ0) is 8.97. The van der Waals surface area contributed by atoms with Crippen molar-refractivity contribution in [1.29, 1.82) is 0 Å². The Morgan fingerprint density at radius 2 is 2.42 bits per heavy atom. The van der Waals surface area contributed by atoms with E-state index in [1.807, 2.05) is 22.7 Å². The molecule has 4 heteroatoms. The lowest BCUT2D eigenvalue weighted by Crippen LogP contribution is -2.24. The zero-order valence-corrected chi connectivity index (χ0v) is 7.56. The first-order valence-electron chi connectivity index (χ1n) is 4.12. The molecule has 1 rings (SSSR count). The van der Waals surface area contributed by atoms with Crippen LogP contribution in [0.1, 0.15) is 6.92 Å². The van der Waals surface area contributed by atoms with Crippen LogP contribution in [0.5, 0.6) is 0 Å². The van der Waals surface area contributed by atoms with Crippen LogP contribution in [0, 0.1) is 0 Å². The van der Waals surface area contributed by atoms with Crippen molar-refractivity contribution >= 4 is 5.95 Å². The summed E-state index contributed by atoms with van der Waals surface area (Å²) in [4.78, 5) is 6.12. The molecular formula is C8H15N3O. The highest BCUT2D eigenvalue weighted by Crippen LogP contribution is 2.08. The standard InChI is InChI=1S/C8H15N3O/c1-3-11-5-4-9-8(11)10(2)6-7-12/h4-5,12H,3,6-7H2,1-2H3. The lowest BCUT2D eigenvalue weighted by molar-refractivity contribution is 0.303. The molecule has 68 valence electrons. The molecule has 1 aromatic rings. The fourth-order valence-corrected chi connectivity index (χ4v) is 1.14. The minimum Gasteiger partial charge on any atom is -0.395 e. The molecule has 0 fully saturated rings. The van der Waals surface area contributed by atoms with Crippen molar-refractivity contribution in [3.05, 3.63) is 12.4 Å². The van der Waals surface area contributed by atoms with E-state index in [4.69, 9.17) is 5.11 Å². The van der Waals surface area contributed by atoms with Crippen molar-refractivity contribution in [1.82, 2.24) is 9.55 Å². The number of hydrogen-bond acceptors (Lipinski definition) is 3. The first kappa shape index (κ1) is 9.06. The number of anilines is 1. The van der Waals surface area contributed by atoms with E-state index in [9.17, 15) is 0 Å². The topological polar surface area (TPSA) is 41.3 Å². The van der Waals surface area contributed by atoms with Crippen molar-refractivity contribution in [2.75, 3.05) is 25.1 Å².